The van der Waals surface area contributed by atoms with E-state index in [0.29, 0.717) is 38.7 Å². The van der Waals surface area contributed by atoms with Crippen LogP contribution in [0.4, 0.5) is 0 Å². The average Bonchev–Trinajstić information content (AvgIpc) is 2.42. The lowest BCUT2D eigenvalue weighted by molar-refractivity contribution is 0.0953. The topological polar surface area (TPSA) is 88.6 Å². The van der Waals surface area contributed by atoms with Crippen LogP contribution in [0.1, 0.15) is 13.3 Å². The smallest absolute Gasteiger partial charge is 0.270 e. The summed E-state index contributed by atoms with van der Waals surface area (Å²) in [6.07, 6.45) is 2.34. The number of hydrogen-bond acceptors (Lipinski definition) is 6. The van der Waals surface area contributed by atoms with Crippen LogP contribution >= 0.6 is 0 Å². The van der Waals surface area contributed by atoms with E-state index < -0.39 is 0 Å². The van der Waals surface area contributed by atoms with Crippen molar-refractivity contribution in [2.24, 2.45) is 5.73 Å². The Morgan fingerprint density at radius 3 is 2.85 bits per heavy atom. The molecule has 7 heteroatoms. The minimum atomic E-state index is -0.215. The molecule has 1 heterocycles. The van der Waals surface area contributed by atoms with Gasteiger partial charge in [0.2, 0.25) is 0 Å². The molecule has 1 rings (SSSR count). The third-order valence-corrected chi connectivity index (χ3v) is 2.44. The first kappa shape index (κ1) is 16.6. The Balaban J connectivity index is 2.34. The molecule has 0 aliphatic heterocycles. The van der Waals surface area contributed by atoms with Crippen LogP contribution in [0.25, 0.3) is 0 Å². The van der Waals surface area contributed by atoms with E-state index >= 15 is 0 Å². The summed E-state index contributed by atoms with van der Waals surface area (Å²) in [5, 5.41) is 4.02. The molecule has 0 aliphatic rings. The van der Waals surface area contributed by atoms with Gasteiger partial charge >= 0.3 is 0 Å². The lowest BCUT2D eigenvalue weighted by atomic mass is 10.4. The van der Waals surface area contributed by atoms with Gasteiger partial charge in [-0.2, -0.15) is 5.10 Å². The summed E-state index contributed by atoms with van der Waals surface area (Å²) < 4.78 is 17.0. The fraction of sp³-hybridized carbons (Fsp3) is 0.692. The van der Waals surface area contributed by atoms with Gasteiger partial charge in [0.05, 0.1) is 19.3 Å². The summed E-state index contributed by atoms with van der Waals surface area (Å²) in [6, 6.07) is 1.32. The van der Waals surface area contributed by atoms with Crippen LogP contribution in [0.2, 0.25) is 0 Å². The molecule has 2 N–H and O–H groups in total. The third-order valence-electron chi connectivity index (χ3n) is 2.44. The molecule has 7 nitrogen and oxygen atoms in total. The molecule has 1 unspecified atom stereocenters. The minimum absolute atomic E-state index is 0.0852. The van der Waals surface area contributed by atoms with Crippen molar-refractivity contribution in [3.8, 4) is 5.75 Å². The highest BCUT2D eigenvalue weighted by Gasteiger charge is 2.02. The van der Waals surface area contributed by atoms with E-state index in [-0.39, 0.29) is 11.6 Å². The zero-order valence-electron chi connectivity index (χ0n) is 12.1. The summed E-state index contributed by atoms with van der Waals surface area (Å²) in [4.78, 5) is 11.8. The van der Waals surface area contributed by atoms with Gasteiger partial charge in [0.25, 0.3) is 5.56 Å². The quantitative estimate of drug-likeness (QED) is 0.610. The summed E-state index contributed by atoms with van der Waals surface area (Å²) in [6.45, 7) is 4.32. The average molecular weight is 285 g/mol. The minimum Gasteiger partial charge on any atom is -0.490 e. The second kappa shape index (κ2) is 9.46. The molecule has 0 bridgehead atoms. The Morgan fingerprint density at radius 1 is 1.40 bits per heavy atom. The van der Waals surface area contributed by atoms with E-state index in [1.165, 1.54) is 16.9 Å². The van der Waals surface area contributed by atoms with Crippen molar-refractivity contribution in [3.05, 3.63) is 22.6 Å². The van der Waals surface area contributed by atoms with Gasteiger partial charge in [-0.25, -0.2) is 4.68 Å². The SMILES string of the molecule is COCCCOCCn1ncc(OCC(C)N)cc1=O. The van der Waals surface area contributed by atoms with Gasteiger partial charge in [-0.15, -0.1) is 0 Å². The standard InChI is InChI=1S/C13H23N3O4/c1-11(14)10-20-12-8-13(17)16(15-9-12)4-7-19-6-3-5-18-2/h8-9,11H,3-7,10,14H2,1-2H3. The van der Waals surface area contributed by atoms with Crippen LogP contribution in [0, 0.1) is 0 Å². The second-order valence-corrected chi connectivity index (χ2v) is 4.50. The van der Waals surface area contributed by atoms with E-state index in [0.717, 1.165) is 6.42 Å². The molecule has 1 aromatic rings. The van der Waals surface area contributed by atoms with Crippen molar-refractivity contribution in [3.63, 3.8) is 0 Å². The number of methoxy groups -OCH3 is 1. The number of hydrogen-bond donors (Lipinski definition) is 1. The van der Waals surface area contributed by atoms with Crippen molar-refractivity contribution in [1.29, 1.82) is 0 Å². The molecule has 1 atom stereocenters. The van der Waals surface area contributed by atoms with E-state index in [2.05, 4.69) is 5.10 Å². The van der Waals surface area contributed by atoms with Crippen molar-refractivity contribution in [1.82, 2.24) is 9.78 Å². The molecule has 0 aromatic carbocycles. The maximum atomic E-state index is 11.8. The van der Waals surface area contributed by atoms with Crippen molar-refractivity contribution < 1.29 is 14.2 Å². The largest absolute Gasteiger partial charge is 0.490 e. The lowest BCUT2D eigenvalue weighted by Gasteiger charge is -2.09. The lowest BCUT2D eigenvalue weighted by Crippen LogP contribution is -2.26. The van der Waals surface area contributed by atoms with Crippen molar-refractivity contribution >= 4 is 0 Å². The Kier molecular flexibility index (Phi) is 7.86. The summed E-state index contributed by atoms with van der Waals surface area (Å²) in [7, 11) is 1.65. The van der Waals surface area contributed by atoms with Gasteiger partial charge in [0.15, 0.2) is 0 Å². The summed E-state index contributed by atoms with van der Waals surface area (Å²) in [5.41, 5.74) is 5.35. The molecule has 0 fully saturated rings. The molecule has 1 aromatic heterocycles. The van der Waals surface area contributed by atoms with Crippen LogP contribution in [0.3, 0.4) is 0 Å². The van der Waals surface area contributed by atoms with Crippen LogP contribution < -0.4 is 16.0 Å². The monoisotopic (exact) mass is 285 g/mol. The van der Waals surface area contributed by atoms with E-state index in [4.69, 9.17) is 19.9 Å². The van der Waals surface area contributed by atoms with E-state index in [1.54, 1.807) is 7.11 Å². The fourth-order valence-electron chi connectivity index (χ4n) is 1.45. The first-order valence-corrected chi connectivity index (χ1v) is 6.65. The molecule has 0 radical (unpaired) electrons. The highest BCUT2D eigenvalue weighted by atomic mass is 16.5. The van der Waals surface area contributed by atoms with E-state index in [1.807, 2.05) is 6.92 Å². The number of rotatable bonds is 10. The van der Waals surface area contributed by atoms with Crippen LogP contribution in [0.5, 0.6) is 5.75 Å². The summed E-state index contributed by atoms with van der Waals surface area (Å²) >= 11 is 0. The van der Waals surface area contributed by atoms with Crippen molar-refractivity contribution in [2.45, 2.75) is 25.9 Å². The number of aromatic nitrogens is 2. The van der Waals surface area contributed by atoms with Gasteiger partial charge < -0.3 is 19.9 Å². The van der Waals surface area contributed by atoms with Gasteiger partial charge in [-0.05, 0) is 13.3 Å². The number of ether oxygens (including phenoxy) is 3. The van der Waals surface area contributed by atoms with Crippen LogP contribution in [-0.2, 0) is 16.0 Å². The zero-order chi connectivity index (χ0) is 14.8. The van der Waals surface area contributed by atoms with Crippen LogP contribution in [-0.4, -0.2) is 49.4 Å². The Morgan fingerprint density at radius 2 is 2.20 bits per heavy atom. The summed E-state index contributed by atoms with van der Waals surface area (Å²) in [5.74, 6) is 0.435. The molecular formula is C13H23N3O4. The first-order valence-electron chi connectivity index (χ1n) is 6.65. The molecule has 114 valence electrons. The van der Waals surface area contributed by atoms with E-state index in [9.17, 15) is 4.79 Å². The molecule has 0 aliphatic carbocycles. The van der Waals surface area contributed by atoms with Crippen molar-refractivity contribution in [2.75, 3.05) is 33.5 Å². The highest BCUT2D eigenvalue weighted by molar-refractivity contribution is 5.13. The molecular weight excluding hydrogens is 262 g/mol. The first-order chi connectivity index (χ1) is 9.63. The molecule has 20 heavy (non-hydrogen) atoms. The third kappa shape index (κ3) is 6.65. The number of nitrogens with zero attached hydrogens (tertiary/aromatic N) is 2. The van der Waals surface area contributed by atoms with Gasteiger partial charge in [0, 0.05) is 32.4 Å². The highest BCUT2D eigenvalue weighted by Crippen LogP contribution is 2.03. The molecule has 0 saturated heterocycles. The Hall–Kier alpha value is -1.44. The number of nitrogens with two attached hydrogens (primary N) is 1. The normalized spacial score (nSPS) is 12.3. The Labute approximate surface area is 118 Å². The molecule has 0 saturated carbocycles. The maximum absolute atomic E-state index is 11.8. The van der Waals surface area contributed by atoms with Gasteiger partial charge in [0.1, 0.15) is 12.4 Å². The van der Waals surface area contributed by atoms with Gasteiger partial charge in [-0.1, -0.05) is 0 Å². The predicted octanol–water partition coefficient (Wildman–Crippen LogP) is 0.0224. The van der Waals surface area contributed by atoms with Crippen LogP contribution in [0.15, 0.2) is 17.1 Å². The fourth-order valence-corrected chi connectivity index (χ4v) is 1.45. The zero-order valence-corrected chi connectivity index (χ0v) is 12.1. The predicted molar refractivity (Wildman–Crippen MR) is 75.0 cm³/mol. The molecule has 0 amide bonds. The van der Waals surface area contributed by atoms with Gasteiger partial charge in [-0.3, -0.25) is 4.79 Å². The Bertz CT molecular complexity index is 434. The second-order valence-electron chi connectivity index (χ2n) is 4.50. The molecule has 0 spiro atoms. The maximum Gasteiger partial charge on any atom is 0.270 e.